The van der Waals surface area contributed by atoms with Gasteiger partial charge in [0.05, 0.1) is 17.6 Å². The minimum absolute atomic E-state index is 0.102. The standard InChI is InChI=1S/C18H14N2O2/c19-9-10-2-1-3-11(8-10)16-17-12(4-6-14(17)21)20-13-5-7-15(22)18(13)16/h1-3,8,16-17H,4-7H2. The molecule has 1 aliphatic heterocycles. The predicted octanol–water partition coefficient (Wildman–Crippen LogP) is 2.69. The molecule has 3 aliphatic rings. The number of ketones is 2. The number of carbonyl (C=O) groups is 2. The van der Waals surface area contributed by atoms with E-state index in [2.05, 4.69) is 11.1 Å². The van der Waals surface area contributed by atoms with Crippen molar-refractivity contribution >= 4 is 17.3 Å². The summed E-state index contributed by atoms with van der Waals surface area (Å²) in [6.07, 6.45) is 2.36. The molecule has 0 radical (unpaired) electrons. The van der Waals surface area contributed by atoms with E-state index in [1.807, 2.05) is 12.1 Å². The molecular formula is C18H14N2O2. The van der Waals surface area contributed by atoms with Crippen LogP contribution in [-0.2, 0) is 9.59 Å². The van der Waals surface area contributed by atoms with E-state index in [1.54, 1.807) is 12.1 Å². The molecule has 1 fully saturated rings. The fourth-order valence-corrected chi connectivity index (χ4v) is 3.88. The Hall–Kier alpha value is -2.54. The summed E-state index contributed by atoms with van der Waals surface area (Å²) in [6, 6.07) is 9.40. The molecule has 0 bridgehead atoms. The van der Waals surface area contributed by atoms with Gasteiger partial charge in [0.1, 0.15) is 5.78 Å². The lowest BCUT2D eigenvalue weighted by Gasteiger charge is -2.28. The molecule has 4 rings (SSSR count). The van der Waals surface area contributed by atoms with E-state index < -0.39 is 0 Å². The van der Waals surface area contributed by atoms with Crippen molar-refractivity contribution in [1.29, 1.82) is 5.26 Å². The van der Waals surface area contributed by atoms with E-state index in [0.29, 0.717) is 36.8 Å². The molecular weight excluding hydrogens is 276 g/mol. The first kappa shape index (κ1) is 13.1. The fraction of sp³-hybridized carbons (Fsp3) is 0.333. The van der Waals surface area contributed by atoms with Crippen molar-refractivity contribution in [2.45, 2.75) is 31.6 Å². The molecule has 22 heavy (non-hydrogen) atoms. The van der Waals surface area contributed by atoms with Crippen LogP contribution in [0.1, 0.15) is 42.7 Å². The van der Waals surface area contributed by atoms with E-state index in [0.717, 1.165) is 17.0 Å². The van der Waals surface area contributed by atoms with Crippen LogP contribution in [0.3, 0.4) is 0 Å². The van der Waals surface area contributed by atoms with Crippen LogP contribution in [0, 0.1) is 17.2 Å². The number of allylic oxidation sites excluding steroid dienone is 2. The maximum absolute atomic E-state index is 12.4. The molecule has 4 nitrogen and oxygen atoms in total. The number of fused-ring (bicyclic) bond motifs is 1. The Morgan fingerprint density at radius 2 is 1.95 bits per heavy atom. The number of benzene rings is 1. The van der Waals surface area contributed by atoms with E-state index in [1.165, 1.54) is 0 Å². The number of Topliss-reactive ketones (excluding diaryl/α,β-unsaturated/α-hetero) is 2. The van der Waals surface area contributed by atoms with Gasteiger partial charge in [0.15, 0.2) is 5.78 Å². The van der Waals surface area contributed by atoms with Gasteiger partial charge in [0.25, 0.3) is 0 Å². The van der Waals surface area contributed by atoms with E-state index in [4.69, 9.17) is 5.26 Å². The van der Waals surface area contributed by atoms with Crippen molar-refractivity contribution < 1.29 is 9.59 Å². The number of nitriles is 1. The van der Waals surface area contributed by atoms with Gasteiger partial charge in [0.2, 0.25) is 0 Å². The van der Waals surface area contributed by atoms with Crippen LogP contribution in [0.4, 0.5) is 0 Å². The number of hydrogen-bond acceptors (Lipinski definition) is 4. The number of nitrogens with zero attached hydrogens (tertiary/aromatic N) is 2. The molecule has 2 atom stereocenters. The summed E-state index contributed by atoms with van der Waals surface area (Å²) in [4.78, 5) is 29.3. The van der Waals surface area contributed by atoms with Crippen molar-refractivity contribution in [2.75, 3.05) is 0 Å². The maximum atomic E-state index is 12.4. The monoisotopic (exact) mass is 290 g/mol. The van der Waals surface area contributed by atoms with Gasteiger partial charge in [0, 0.05) is 35.7 Å². The highest BCUT2D eigenvalue weighted by molar-refractivity contribution is 6.16. The van der Waals surface area contributed by atoms with Gasteiger partial charge in [-0.3, -0.25) is 14.6 Å². The van der Waals surface area contributed by atoms with Crippen molar-refractivity contribution in [3.63, 3.8) is 0 Å². The SMILES string of the molecule is N#Cc1cccc(C2C3=C(CCC3=O)N=C3CCC(=O)C32)c1. The van der Waals surface area contributed by atoms with Crippen molar-refractivity contribution in [1.82, 2.24) is 0 Å². The highest BCUT2D eigenvalue weighted by Crippen LogP contribution is 2.47. The molecule has 1 aromatic carbocycles. The minimum atomic E-state index is -0.310. The zero-order chi connectivity index (χ0) is 15.3. The Bertz CT molecular complexity index is 811. The van der Waals surface area contributed by atoms with E-state index in [-0.39, 0.29) is 23.4 Å². The molecule has 2 unspecified atom stereocenters. The van der Waals surface area contributed by atoms with Crippen molar-refractivity contribution in [3.8, 4) is 6.07 Å². The summed E-state index contributed by atoms with van der Waals surface area (Å²) in [5, 5.41) is 9.12. The fourth-order valence-electron chi connectivity index (χ4n) is 3.88. The Morgan fingerprint density at radius 1 is 1.09 bits per heavy atom. The van der Waals surface area contributed by atoms with Gasteiger partial charge in [-0.05, 0) is 30.5 Å². The lowest BCUT2D eigenvalue weighted by Crippen LogP contribution is -2.29. The first-order valence-electron chi connectivity index (χ1n) is 7.55. The van der Waals surface area contributed by atoms with E-state index >= 15 is 0 Å². The lowest BCUT2D eigenvalue weighted by molar-refractivity contribution is -0.120. The molecule has 4 heteroatoms. The van der Waals surface area contributed by atoms with Crippen LogP contribution < -0.4 is 0 Å². The van der Waals surface area contributed by atoms with Gasteiger partial charge in [-0.2, -0.15) is 5.26 Å². The Kier molecular flexibility index (Phi) is 2.83. The largest absolute Gasteiger partial charge is 0.299 e. The molecule has 108 valence electrons. The molecule has 0 N–H and O–H groups in total. The number of aliphatic imine (C=N–C) groups is 1. The molecule has 0 spiro atoms. The van der Waals surface area contributed by atoms with Gasteiger partial charge in [-0.1, -0.05) is 12.1 Å². The predicted molar refractivity (Wildman–Crippen MR) is 80.3 cm³/mol. The van der Waals surface area contributed by atoms with Gasteiger partial charge >= 0.3 is 0 Å². The summed E-state index contributed by atoms with van der Waals surface area (Å²) < 4.78 is 0. The highest BCUT2D eigenvalue weighted by Gasteiger charge is 2.46. The molecule has 0 amide bonds. The third-order valence-corrected chi connectivity index (χ3v) is 4.83. The highest BCUT2D eigenvalue weighted by atomic mass is 16.1. The Balaban J connectivity index is 1.90. The summed E-state index contributed by atoms with van der Waals surface area (Å²) in [7, 11) is 0. The molecule has 2 aliphatic carbocycles. The average Bonchev–Trinajstić information content (AvgIpc) is 3.10. The second-order valence-electron chi connectivity index (χ2n) is 6.05. The zero-order valence-electron chi connectivity index (χ0n) is 12.0. The molecule has 1 saturated carbocycles. The molecule has 1 aromatic rings. The third kappa shape index (κ3) is 1.79. The van der Waals surface area contributed by atoms with Crippen LogP contribution in [0.15, 0.2) is 40.5 Å². The normalized spacial score (nSPS) is 26.6. The van der Waals surface area contributed by atoms with Gasteiger partial charge in [-0.25, -0.2) is 0 Å². The molecule has 0 aromatic heterocycles. The van der Waals surface area contributed by atoms with Crippen LogP contribution in [0.2, 0.25) is 0 Å². The maximum Gasteiger partial charge on any atom is 0.161 e. The minimum Gasteiger partial charge on any atom is -0.299 e. The van der Waals surface area contributed by atoms with Crippen LogP contribution in [0.25, 0.3) is 0 Å². The number of hydrogen-bond donors (Lipinski definition) is 0. The Morgan fingerprint density at radius 3 is 2.77 bits per heavy atom. The lowest BCUT2D eigenvalue weighted by atomic mass is 9.75. The van der Waals surface area contributed by atoms with Crippen molar-refractivity contribution in [2.24, 2.45) is 10.9 Å². The summed E-state index contributed by atoms with van der Waals surface area (Å²) in [6.45, 7) is 0. The van der Waals surface area contributed by atoms with Gasteiger partial charge < -0.3 is 0 Å². The van der Waals surface area contributed by atoms with Crippen molar-refractivity contribution in [3.05, 3.63) is 46.7 Å². The second-order valence-corrected chi connectivity index (χ2v) is 6.05. The number of rotatable bonds is 1. The third-order valence-electron chi connectivity index (χ3n) is 4.83. The summed E-state index contributed by atoms with van der Waals surface area (Å²) in [5.74, 6) is -0.294. The topological polar surface area (TPSA) is 70.3 Å². The smallest absolute Gasteiger partial charge is 0.161 e. The summed E-state index contributed by atoms with van der Waals surface area (Å²) >= 11 is 0. The quantitative estimate of drug-likeness (QED) is 0.798. The number of carbonyl (C=O) groups excluding carboxylic acids is 2. The van der Waals surface area contributed by atoms with Crippen LogP contribution in [0.5, 0.6) is 0 Å². The average molecular weight is 290 g/mol. The first-order chi connectivity index (χ1) is 10.7. The summed E-state index contributed by atoms with van der Waals surface area (Å²) in [5.41, 5.74) is 3.93. The first-order valence-corrected chi connectivity index (χ1v) is 7.55. The Labute approximate surface area is 128 Å². The van der Waals surface area contributed by atoms with E-state index in [9.17, 15) is 9.59 Å². The van der Waals surface area contributed by atoms with Gasteiger partial charge in [-0.15, -0.1) is 0 Å². The molecule has 1 heterocycles. The van der Waals surface area contributed by atoms with Crippen LogP contribution in [-0.4, -0.2) is 17.3 Å². The second kappa shape index (κ2) is 4.74. The zero-order valence-corrected chi connectivity index (χ0v) is 12.0. The molecule has 0 saturated heterocycles. The van der Waals surface area contributed by atoms with Crippen LogP contribution >= 0.6 is 0 Å².